The number of pyridine rings is 1. The van der Waals surface area contributed by atoms with Crippen molar-refractivity contribution in [2.45, 2.75) is 52.4 Å². The summed E-state index contributed by atoms with van der Waals surface area (Å²) in [6.45, 7) is 4.43. The number of aromatic nitrogens is 1. The van der Waals surface area contributed by atoms with Gasteiger partial charge in [0.1, 0.15) is 0 Å². The third-order valence-electron chi connectivity index (χ3n) is 3.65. The Hall–Kier alpha value is -1.02. The van der Waals surface area contributed by atoms with E-state index in [2.05, 4.69) is 54.3 Å². The van der Waals surface area contributed by atoms with Gasteiger partial charge in [0, 0.05) is 17.5 Å². The zero-order valence-electron chi connectivity index (χ0n) is 12.8. The fourth-order valence-corrected chi connectivity index (χ4v) is 3.46. The van der Waals surface area contributed by atoms with Crippen LogP contribution >= 0.6 is 11.9 Å². The van der Waals surface area contributed by atoms with Crippen molar-refractivity contribution in [2.24, 2.45) is 0 Å². The molecule has 0 saturated heterocycles. The molecule has 1 heterocycles. The van der Waals surface area contributed by atoms with Crippen molar-refractivity contribution in [3.63, 3.8) is 0 Å². The molecule has 1 aromatic carbocycles. The van der Waals surface area contributed by atoms with Crippen LogP contribution in [0.3, 0.4) is 0 Å². The number of hydrogen-bond acceptors (Lipinski definition) is 1. The summed E-state index contributed by atoms with van der Waals surface area (Å²) in [6, 6.07) is 11.0. The van der Waals surface area contributed by atoms with Crippen LogP contribution in [0.25, 0.3) is 10.9 Å². The second kappa shape index (κ2) is 8.31. The van der Waals surface area contributed by atoms with Crippen LogP contribution in [0.1, 0.15) is 51.0 Å². The maximum Gasteiger partial charge on any atom is 0.226 e. The highest BCUT2D eigenvalue weighted by atomic mass is 32.2. The molecule has 0 aliphatic rings. The second-order valence-corrected chi connectivity index (χ2v) is 6.56. The molecule has 2 aromatic rings. The highest BCUT2D eigenvalue weighted by molar-refractivity contribution is 7.92. The summed E-state index contributed by atoms with van der Waals surface area (Å²) in [5, 5.41) is 1.34. The highest BCUT2D eigenvalue weighted by Gasteiger charge is 2.09. The molecule has 2 rings (SSSR count). The van der Waals surface area contributed by atoms with Gasteiger partial charge in [-0.2, -0.15) is 0 Å². The number of benzene rings is 1. The summed E-state index contributed by atoms with van der Waals surface area (Å²) < 4.78 is 2.32. The Bertz CT molecular complexity index is 536. The van der Waals surface area contributed by atoms with E-state index in [9.17, 15) is 0 Å². The normalized spacial score (nSPS) is 11.1. The molecule has 2 heteroatoms. The van der Waals surface area contributed by atoms with Gasteiger partial charge in [0.15, 0.2) is 18.1 Å². The summed E-state index contributed by atoms with van der Waals surface area (Å²) in [7, 11) is 0. The lowest BCUT2D eigenvalue weighted by Crippen LogP contribution is -2.26. The summed E-state index contributed by atoms with van der Waals surface area (Å²) in [6.07, 6.45) is 10.4. The van der Waals surface area contributed by atoms with Crippen LogP contribution in [0, 0.1) is 6.92 Å². The number of rotatable bonds is 8. The molecule has 0 bridgehead atoms. The molecule has 0 aliphatic heterocycles. The minimum absolute atomic E-state index is 1.21. The van der Waals surface area contributed by atoms with Crippen molar-refractivity contribution in [3.05, 3.63) is 42.1 Å². The number of hydrogen-bond donors (Lipinski definition) is 0. The Morgan fingerprint density at radius 2 is 1.80 bits per heavy atom. The van der Waals surface area contributed by atoms with E-state index < -0.39 is 0 Å². The van der Waals surface area contributed by atoms with Gasteiger partial charge < -0.3 is 0 Å². The first-order valence-corrected chi connectivity index (χ1v) is 8.80. The minimum atomic E-state index is 1.21. The van der Waals surface area contributed by atoms with E-state index in [0.717, 1.165) is 0 Å². The standard InChI is InChI=1S/C18H26NS/c1-3-4-5-6-7-8-14-20-19-13-9-10-17-15-16(2)11-12-18(17)19/h9-13,15H,3-8,14H2,1-2H3/q+1. The Morgan fingerprint density at radius 1 is 1.00 bits per heavy atom. The number of nitrogens with zero attached hydrogens (tertiary/aromatic N) is 1. The average Bonchev–Trinajstić information content (AvgIpc) is 2.46. The lowest BCUT2D eigenvalue weighted by atomic mass is 10.1. The van der Waals surface area contributed by atoms with Gasteiger partial charge in [-0.05, 0) is 25.5 Å². The molecule has 0 N–H and O–H groups in total. The smallest absolute Gasteiger partial charge is 0.126 e. The quantitative estimate of drug-likeness (QED) is 0.471. The van der Waals surface area contributed by atoms with E-state index >= 15 is 0 Å². The van der Waals surface area contributed by atoms with Crippen LogP contribution < -0.4 is 3.97 Å². The van der Waals surface area contributed by atoms with Gasteiger partial charge in [0.05, 0.1) is 5.75 Å². The van der Waals surface area contributed by atoms with Gasteiger partial charge in [0.2, 0.25) is 5.52 Å². The largest absolute Gasteiger partial charge is 0.226 e. The Morgan fingerprint density at radius 3 is 2.65 bits per heavy atom. The lowest BCUT2D eigenvalue weighted by Gasteiger charge is -2.01. The van der Waals surface area contributed by atoms with Crippen molar-refractivity contribution in [2.75, 3.05) is 5.75 Å². The maximum atomic E-state index is 2.32. The zero-order chi connectivity index (χ0) is 14.2. The molecule has 0 radical (unpaired) electrons. The van der Waals surface area contributed by atoms with Crippen LogP contribution in [-0.2, 0) is 0 Å². The Labute approximate surface area is 127 Å². The molecule has 0 aliphatic carbocycles. The first-order valence-electron chi connectivity index (χ1n) is 7.85. The van der Waals surface area contributed by atoms with E-state index in [4.69, 9.17) is 0 Å². The predicted molar refractivity (Wildman–Crippen MR) is 90.1 cm³/mol. The number of fused-ring (bicyclic) bond motifs is 1. The summed E-state index contributed by atoms with van der Waals surface area (Å²) in [5.41, 5.74) is 2.66. The van der Waals surface area contributed by atoms with E-state index in [1.54, 1.807) is 0 Å². The topological polar surface area (TPSA) is 3.88 Å². The van der Waals surface area contributed by atoms with Gasteiger partial charge in [-0.1, -0.05) is 50.7 Å². The third kappa shape index (κ3) is 4.52. The fourth-order valence-electron chi connectivity index (χ4n) is 2.47. The van der Waals surface area contributed by atoms with Crippen molar-refractivity contribution in [1.82, 2.24) is 0 Å². The first kappa shape index (κ1) is 15.4. The van der Waals surface area contributed by atoms with Crippen LogP contribution in [0.4, 0.5) is 0 Å². The van der Waals surface area contributed by atoms with Gasteiger partial charge in [0.25, 0.3) is 0 Å². The molecular formula is C18H26NS+. The summed E-state index contributed by atoms with van der Waals surface area (Å²) in [4.78, 5) is 0. The van der Waals surface area contributed by atoms with E-state index in [1.165, 1.54) is 60.7 Å². The van der Waals surface area contributed by atoms with Gasteiger partial charge in [-0.3, -0.25) is 0 Å². The Balaban J connectivity index is 1.84. The predicted octanol–water partition coefficient (Wildman–Crippen LogP) is 5.29. The maximum absolute atomic E-state index is 2.32. The van der Waals surface area contributed by atoms with Gasteiger partial charge in [-0.15, -0.1) is 3.97 Å². The molecule has 0 unspecified atom stereocenters. The number of aryl methyl sites for hydroxylation is 1. The molecule has 0 fully saturated rings. The molecular weight excluding hydrogens is 262 g/mol. The zero-order valence-corrected chi connectivity index (χ0v) is 13.6. The fraction of sp³-hybridized carbons (Fsp3) is 0.500. The molecule has 1 nitrogen and oxygen atoms in total. The SMILES string of the molecule is CCCCCCCCS[n+]1cccc2cc(C)ccc21. The Kier molecular flexibility index (Phi) is 6.38. The third-order valence-corrected chi connectivity index (χ3v) is 4.71. The molecule has 0 amide bonds. The molecule has 0 atom stereocenters. The van der Waals surface area contributed by atoms with E-state index in [0.29, 0.717) is 0 Å². The molecule has 0 saturated carbocycles. The van der Waals surface area contributed by atoms with Gasteiger partial charge >= 0.3 is 0 Å². The van der Waals surface area contributed by atoms with Crippen LogP contribution in [-0.4, -0.2) is 5.75 Å². The minimum Gasteiger partial charge on any atom is -0.126 e. The average molecular weight is 288 g/mol. The van der Waals surface area contributed by atoms with Crippen LogP contribution in [0.5, 0.6) is 0 Å². The van der Waals surface area contributed by atoms with Crippen LogP contribution in [0.2, 0.25) is 0 Å². The summed E-state index contributed by atoms with van der Waals surface area (Å²) in [5.74, 6) is 1.21. The van der Waals surface area contributed by atoms with Crippen molar-refractivity contribution in [1.29, 1.82) is 0 Å². The van der Waals surface area contributed by atoms with Crippen molar-refractivity contribution < 1.29 is 3.97 Å². The second-order valence-electron chi connectivity index (χ2n) is 5.50. The van der Waals surface area contributed by atoms with E-state index in [1.807, 2.05) is 11.9 Å². The molecule has 20 heavy (non-hydrogen) atoms. The monoisotopic (exact) mass is 288 g/mol. The first-order chi connectivity index (χ1) is 9.81. The molecule has 1 aromatic heterocycles. The van der Waals surface area contributed by atoms with Crippen LogP contribution in [0.15, 0.2) is 36.5 Å². The molecule has 108 valence electrons. The number of unbranched alkanes of at least 4 members (excludes halogenated alkanes) is 5. The summed E-state index contributed by atoms with van der Waals surface area (Å²) >= 11 is 1.94. The highest BCUT2D eigenvalue weighted by Crippen LogP contribution is 2.14. The van der Waals surface area contributed by atoms with E-state index in [-0.39, 0.29) is 0 Å². The van der Waals surface area contributed by atoms with Crippen molar-refractivity contribution >= 4 is 22.9 Å². The molecule has 0 spiro atoms. The lowest BCUT2D eigenvalue weighted by molar-refractivity contribution is -0.463. The van der Waals surface area contributed by atoms with Gasteiger partial charge in [-0.25, -0.2) is 0 Å². The van der Waals surface area contributed by atoms with Crippen molar-refractivity contribution in [3.8, 4) is 0 Å².